The summed E-state index contributed by atoms with van der Waals surface area (Å²) in [6.45, 7) is 3.86. The molecule has 7 nitrogen and oxygen atoms in total. The first-order chi connectivity index (χ1) is 14.5. The Hall–Kier alpha value is -2.85. The van der Waals surface area contributed by atoms with Gasteiger partial charge in [-0.15, -0.1) is 0 Å². The lowest BCUT2D eigenvalue weighted by molar-refractivity contribution is 0.102. The summed E-state index contributed by atoms with van der Waals surface area (Å²) >= 11 is 0.863. The van der Waals surface area contributed by atoms with Crippen LogP contribution in [0.5, 0.6) is 0 Å². The van der Waals surface area contributed by atoms with Crippen LogP contribution in [0.1, 0.15) is 29.8 Å². The van der Waals surface area contributed by atoms with Gasteiger partial charge >= 0.3 is 0 Å². The number of carbonyl (C=O) groups is 1. The van der Waals surface area contributed by atoms with Crippen LogP contribution in [0.4, 0.5) is 19.5 Å². The van der Waals surface area contributed by atoms with Crippen molar-refractivity contribution in [3.63, 3.8) is 0 Å². The van der Waals surface area contributed by atoms with E-state index in [0.717, 1.165) is 49.6 Å². The molecule has 1 fully saturated rings. The summed E-state index contributed by atoms with van der Waals surface area (Å²) in [5.41, 5.74) is 6.03. The van der Waals surface area contributed by atoms with Crippen LogP contribution >= 0.6 is 11.3 Å². The summed E-state index contributed by atoms with van der Waals surface area (Å²) in [5, 5.41) is 7.07. The van der Waals surface area contributed by atoms with Crippen LogP contribution in [0.25, 0.3) is 10.6 Å². The Morgan fingerprint density at radius 2 is 1.90 bits per heavy atom. The quantitative estimate of drug-likeness (QED) is 0.621. The van der Waals surface area contributed by atoms with Crippen molar-refractivity contribution in [3.05, 3.63) is 47.9 Å². The highest BCUT2D eigenvalue weighted by Crippen LogP contribution is 2.33. The van der Waals surface area contributed by atoms with Crippen molar-refractivity contribution in [2.24, 2.45) is 0 Å². The molecule has 0 radical (unpaired) electrons. The van der Waals surface area contributed by atoms with Gasteiger partial charge in [0.25, 0.3) is 5.91 Å². The van der Waals surface area contributed by atoms with E-state index in [0.29, 0.717) is 5.69 Å². The minimum Gasteiger partial charge on any atom is -0.389 e. The number of piperidine rings is 1. The van der Waals surface area contributed by atoms with Gasteiger partial charge in [0, 0.05) is 12.7 Å². The second-order valence-electron chi connectivity index (χ2n) is 7.18. The van der Waals surface area contributed by atoms with Crippen molar-refractivity contribution in [1.29, 1.82) is 0 Å². The molecule has 3 aromatic rings. The Balaban J connectivity index is 1.42. The first-order valence-electron chi connectivity index (χ1n) is 9.78. The van der Waals surface area contributed by atoms with Crippen molar-refractivity contribution >= 4 is 27.9 Å². The molecule has 1 saturated heterocycles. The van der Waals surface area contributed by atoms with Gasteiger partial charge in [-0.1, -0.05) is 23.8 Å². The number of halogens is 2. The van der Waals surface area contributed by atoms with Crippen LogP contribution in [0.2, 0.25) is 0 Å². The average molecular weight is 433 g/mol. The highest BCUT2D eigenvalue weighted by atomic mass is 32.1. The lowest BCUT2D eigenvalue weighted by Crippen LogP contribution is -2.32. The maximum atomic E-state index is 14.0. The summed E-state index contributed by atoms with van der Waals surface area (Å²) in [6, 6.07) is 3.53. The molecule has 2 aromatic heterocycles. The third-order valence-corrected chi connectivity index (χ3v) is 5.93. The first kappa shape index (κ1) is 20.4. The van der Waals surface area contributed by atoms with E-state index in [2.05, 4.69) is 20.3 Å². The Kier molecular flexibility index (Phi) is 6.05. The highest BCUT2D eigenvalue weighted by Gasteiger charge is 2.21. The van der Waals surface area contributed by atoms with E-state index in [9.17, 15) is 13.6 Å². The summed E-state index contributed by atoms with van der Waals surface area (Å²) < 4.78 is 29.8. The summed E-state index contributed by atoms with van der Waals surface area (Å²) in [4.78, 5) is 19.1. The molecule has 0 aliphatic carbocycles. The van der Waals surface area contributed by atoms with Gasteiger partial charge in [-0.05, 0) is 38.1 Å². The molecule has 3 heterocycles. The molecule has 0 unspecified atom stereocenters. The number of hydrogen-bond acceptors (Lipinski definition) is 6. The molecule has 0 atom stereocenters. The number of amides is 1. The molecule has 1 amide bonds. The van der Waals surface area contributed by atoms with Crippen molar-refractivity contribution in [3.8, 4) is 10.6 Å². The number of hydrogen-bond donors (Lipinski definition) is 2. The topological polar surface area (TPSA) is 89.1 Å². The number of likely N-dealkylation sites (tertiary alicyclic amines) is 1. The molecule has 30 heavy (non-hydrogen) atoms. The van der Waals surface area contributed by atoms with Crippen molar-refractivity contribution in [1.82, 2.24) is 19.7 Å². The number of nitrogens with one attached hydrogen (secondary N) is 1. The zero-order valence-electron chi connectivity index (χ0n) is 16.3. The van der Waals surface area contributed by atoms with E-state index in [1.807, 2.05) is 0 Å². The molecule has 0 bridgehead atoms. The van der Waals surface area contributed by atoms with Crippen LogP contribution < -0.4 is 11.1 Å². The number of aromatic nitrogens is 3. The fourth-order valence-corrected chi connectivity index (χ4v) is 4.35. The van der Waals surface area contributed by atoms with E-state index in [1.54, 1.807) is 17.1 Å². The summed E-state index contributed by atoms with van der Waals surface area (Å²) in [6.07, 6.45) is 7.04. The lowest BCUT2D eigenvalue weighted by atomic mass is 10.1. The summed E-state index contributed by atoms with van der Waals surface area (Å²) in [7, 11) is 0. The number of benzene rings is 1. The van der Waals surface area contributed by atoms with Crippen molar-refractivity contribution in [2.75, 3.05) is 30.7 Å². The molecule has 3 N–H and O–H groups in total. The van der Waals surface area contributed by atoms with E-state index in [4.69, 9.17) is 5.73 Å². The van der Waals surface area contributed by atoms with Crippen LogP contribution in [0, 0.1) is 11.6 Å². The van der Waals surface area contributed by atoms with Gasteiger partial charge in [0.1, 0.15) is 21.6 Å². The Bertz CT molecular complexity index is 1020. The number of nitrogen functional groups attached to an aromatic ring is 1. The van der Waals surface area contributed by atoms with Gasteiger partial charge in [0.05, 0.1) is 24.0 Å². The van der Waals surface area contributed by atoms with E-state index in [1.165, 1.54) is 25.3 Å². The van der Waals surface area contributed by atoms with Gasteiger partial charge in [-0.3, -0.25) is 9.48 Å². The van der Waals surface area contributed by atoms with Gasteiger partial charge in [0.15, 0.2) is 5.69 Å². The Morgan fingerprint density at radius 1 is 1.17 bits per heavy atom. The number of thiazole rings is 1. The summed E-state index contributed by atoms with van der Waals surface area (Å²) in [5.74, 6) is -2.07. The van der Waals surface area contributed by atoms with Crippen LogP contribution in [-0.2, 0) is 6.54 Å². The molecule has 0 spiro atoms. The van der Waals surface area contributed by atoms with Gasteiger partial charge in [0.2, 0.25) is 0 Å². The number of nitrogens with two attached hydrogens (primary N) is 1. The third kappa shape index (κ3) is 4.49. The van der Waals surface area contributed by atoms with E-state index >= 15 is 0 Å². The van der Waals surface area contributed by atoms with Crippen LogP contribution in [0.15, 0.2) is 30.6 Å². The maximum absolute atomic E-state index is 14.0. The molecular formula is C20H22F2N6OS. The number of rotatable bonds is 6. The minimum absolute atomic E-state index is 0.0190. The lowest BCUT2D eigenvalue weighted by Gasteiger charge is -2.26. The average Bonchev–Trinajstić information content (AvgIpc) is 3.33. The Morgan fingerprint density at radius 3 is 2.63 bits per heavy atom. The first-order valence-corrected chi connectivity index (χ1v) is 10.6. The second kappa shape index (κ2) is 8.88. The van der Waals surface area contributed by atoms with Crippen molar-refractivity contribution in [2.45, 2.75) is 25.8 Å². The zero-order chi connectivity index (χ0) is 21.1. The largest absolute Gasteiger partial charge is 0.389 e. The molecule has 1 aromatic carbocycles. The number of anilines is 2. The standard InChI is InChI=1S/C20H22F2N6OS/c21-14-5-4-6-15(22)16(14)20-26-17(18(23)30-20)19(29)25-13-11-24-28(12-13)10-9-27-7-2-1-3-8-27/h4-6,11-12H,1-3,7-10,23H2,(H,25,29). The predicted molar refractivity (Wildman–Crippen MR) is 112 cm³/mol. The third-order valence-electron chi connectivity index (χ3n) is 5.03. The molecule has 1 aliphatic heterocycles. The Labute approximate surface area is 176 Å². The molecule has 1 aliphatic rings. The maximum Gasteiger partial charge on any atom is 0.277 e. The molecule has 4 rings (SSSR count). The molecule has 158 valence electrons. The predicted octanol–water partition coefficient (Wildman–Crippen LogP) is 3.61. The van der Waals surface area contributed by atoms with Gasteiger partial charge in [-0.2, -0.15) is 5.10 Å². The molecular weight excluding hydrogens is 410 g/mol. The smallest absolute Gasteiger partial charge is 0.277 e. The van der Waals surface area contributed by atoms with Gasteiger partial charge < -0.3 is 16.0 Å². The molecule has 10 heteroatoms. The van der Waals surface area contributed by atoms with E-state index < -0.39 is 17.5 Å². The van der Waals surface area contributed by atoms with Crippen LogP contribution in [0.3, 0.4) is 0 Å². The van der Waals surface area contributed by atoms with E-state index in [-0.39, 0.29) is 21.3 Å². The number of carbonyl (C=O) groups excluding carboxylic acids is 1. The monoisotopic (exact) mass is 432 g/mol. The van der Waals surface area contributed by atoms with Crippen molar-refractivity contribution < 1.29 is 13.6 Å². The van der Waals surface area contributed by atoms with Crippen LogP contribution in [-0.4, -0.2) is 45.2 Å². The normalized spacial score (nSPS) is 14.7. The number of nitrogens with zero attached hydrogens (tertiary/aromatic N) is 4. The SMILES string of the molecule is Nc1sc(-c2c(F)cccc2F)nc1C(=O)Nc1cnn(CCN2CCCCC2)c1. The second-order valence-corrected chi connectivity index (χ2v) is 8.21. The fourth-order valence-electron chi connectivity index (χ4n) is 3.47. The fraction of sp³-hybridized carbons (Fsp3) is 0.350. The minimum atomic E-state index is -0.759. The van der Waals surface area contributed by atoms with Gasteiger partial charge in [-0.25, -0.2) is 13.8 Å². The highest BCUT2D eigenvalue weighted by molar-refractivity contribution is 7.19. The molecule has 0 saturated carbocycles. The zero-order valence-corrected chi connectivity index (χ0v) is 17.1.